The van der Waals surface area contributed by atoms with Crippen LogP contribution in [0.5, 0.6) is 5.75 Å². The smallest absolute Gasteiger partial charge is 0.239 e. The lowest BCUT2D eigenvalue weighted by Gasteiger charge is -2.37. The summed E-state index contributed by atoms with van der Waals surface area (Å²) in [5.74, 6) is 1.33. The van der Waals surface area contributed by atoms with E-state index in [1.165, 1.54) is 0 Å². The van der Waals surface area contributed by atoms with Crippen LogP contribution in [0.4, 0.5) is 5.82 Å². The lowest BCUT2D eigenvalue weighted by Crippen LogP contribution is -2.43. The Balaban J connectivity index is 1.38. The summed E-state index contributed by atoms with van der Waals surface area (Å²) in [7, 11) is 1.81. The van der Waals surface area contributed by atoms with Crippen LogP contribution in [0.15, 0.2) is 36.5 Å². The Morgan fingerprint density at radius 1 is 1.26 bits per heavy atom. The van der Waals surface area contributed by atoms with Gasteiger partial charge in [0.05, 0.1) is 18.5 Å². The van der Waals surface area contributed by atoms with Gasteiger partial charge >= 0.3 is 0 Å². The number of ketones is 1. The molecule has 0 aliphatic carbocycles. The van der Waals surface area contributed by atoms with Crippen LogP contribution in [0.25, 0.3) is 0 Å². The number of benzene rings is 1. The van der Waals surface area contributed by atoms with Crippen LogP contribution in [0.1, 0.15) is 36.0 Å². The molecule has 1 saturated heterocycles. The van der Waals surface area contributed by atoms with Gasteiger partial charge in [0.15, 0.2) is 11.6 Å². The molecular formula is C20H24N4O3. The second-order valence-electron chi connectivity index (χ2n) is 7.43. The molecule has 0 radical (unpaired) electrons. The Kier molecular flexibility index (Phi) is 4.70. The van der Waals surface area contributed by atoms with E-state index in [0.717, 1.165) is 32.4 Å². The molecule has 1 aromatic heterocycles. The van der Waals surface area contributed by atoms with Gasteiger partial charge < -0.3 is 10.1 Å². The normalized spacial score (nSPS) is 22.8. The van der Waals surface area contributed by atoms with Gasteiger partial charge in [-0.25, -0.2) is 0 Å². The monoisotopic (exact) mass is 368 g/mol. The standard InChI is InChI=1S/C20H24N4O3/c1-23-11-7-18(22-23)21-19(26)14-24-10-4-8-20(9-12-24)13-16(25)15-5-2-3-6-17(15)27-20/h2-3,5-7,11H,4,8-10,12-14H2,1H3,(H,21,22,26). The number of likely N-dealkylation sites (tertiary alicyclic amines) is 1. The van der Waals surface area contributed by atoms with Gasteiger partial charge in [-0.3, -0.25) is 19.2 Å². The minimum absolute atomic E-state index is 0.0735. The van der Waals surface area contributed by atoms with Gasteiger partial charge in [-0.05, 0) is 31.5 Å². The van der Waals surface area contributed by atoms with Crippen molar-refractivity contribution in [3.63, 3.8) is 0 Å². The molecule has 4 rings (SSSR count). The zero-order valence-corrected chi connectivity index (χ0v) is 15.5. The number of carbonyl (C=O) groups excluding carboxylic acids is 2. The van der Waals surface area contributed by atoms with Crippen LogP contribution in [0, 0.1) is 0 Å². The highest BCUT2D eigenvalue weighted by atomic mass is 16.5. The number of aryl methyl sites for hydroxylation is 1. The van der Waals surface area contributed by atoms with Gasteiger partial charge in [-0.1, -0.05) is 12.1 Å². The number of Topliss-reactive ketones (excluding diaryl/α,β-unsaturated/α-hetero) is 1. The predicted octanol–water partition coefficient (Wildman–Crippen LogP) is 2.25. The van der Waals surface area contributed by atoms with Gasteiger partial charge in [-0.2, -0.15) is 5.10 Å². The third-order valence-corrected chi connectivity index (χ3v) is 5.34. The lowest BCUT2D eigenvalue weighted by molar-refractivity contribution is -0.117. The summed E-state index contributed by atoms with van der Waals surface area (Å²) in [4.78, 5) is 27.0. The number of ether oxygens (including phenoxy) is 1. The minimum atomic E-state index is -0.447. The molecular weight excluding hydrogens is 344 g/mol. The Hall–Kier alpha value is -2.67. The molecule has 0 bridgehead atoms. The predicted molar refractivity (Wildman–Crippen MR) is 101 cm³/mol. The van der Waals surface area contributed by atoms with E-state index in [1.807, 2.05) is 31.3 Å². The molecule has 1 amide bonds. The van der Waals surface area contributed by atoms with Crippen molar-refractivity contribution in [2.24, 2.45) is 7.05 Å². The van der Waals surface area contributed by atoms with Crippen molar-refractivity contribution >= 4 is 17.5 Å². The molecule has 142 valence electrons. The molecule has 1 aromatic carbocycles. The summed E-state index contributed by atoms with van der Waals surface area (Å²) in [6.45, 7) is 1.86. The Morgan fingerprint density at radius 2 is 2.11 bits per heavy atom. The van der Waals surface area contributed by atoms with Crippen LogP contribution in [0.3, 0.4) is 0 Å². The maximum Gasteiger partial charge on any atom is 0.239 e. The maximum atomic E-state index is 12.6. The van der Waals surface area contributed by atoms with Crippen molar-refractivity contribution in [2.45, 2.75) is 31.3 Å². The zero-order valence-electron chi connectivity index (χ0n) is 15.5. The summed E-state index contributed by atoms with van der Waals surface area (Å²) >= 11 is 0. The van der Waals surface area contributed by atoms with Crippen molar-refractivity contribution in [3.05, 3.63) is 42.1 Å². The first-order valence-corrected chi connectivity index (χ1v) is 9.36. The highest BCUT2D eigenvalue weighted by Gasteiger charge is 2.41. The fourth-order valence-electron chi connectivity index (χ4n) is 3.97. The number of fused-ring (bicyclic) bond motifs is 1. The van der Waals surface area contributed by atoms with Gasteiger partial charge in [0, 0.05) is 32.3 Å². The van der Waals surface area contributed by atoms with Crippen LogP contribution < -0.4 is 10.1 Å². The number of anilines is 1. The van der Waals surface area contributed by atoms with Crippen molar-refractivity contribution in [1.29, 1.82) is 0 Å². The number of para-hydroxylation sites is 1. The van der Waals surface area contributed by atoms with E-state index in [0.29, 0.717) is 30.1 Å². The maximum absolute atomic E-state index is 12.6. The second kappa shape index (κ2) is 7.15. The molecule has 2 aliphatic heterocycles. The lowest BCUT2D eigenvalue weighted by atomic mass is 9.84. The SMILES string of the molecule is Cn1ccc(NC(=O)CN2CCCC3(CC2)CC(=O)c2ccccc2O3)n1. The molecule has 1 unspecified atom stereocenters. The fraction of sp³-hybridized carbons (Fsp3) is 0.450. The number of hydrogen-bond donors (Lipinski definition) is 1. The number of nitrogens with one attached hydrogen (secondary N) is 1. The molecule has 1 spiro atoms. The Morgan fingerprint density at radius 3 is 2.93 bits per heavy atom. The number of aromatic nitrogens is 2. The number of carbonyl (C=O) groups is 2. The van der Waals surface area contributed by atoms with Crippen LogP contribution in [-0.2, 0) is 11.8 Å². The molecule has 2 aromatic rings. The average molecular weight is 368 g/mol. The van der Waals surface area contributed by atoms with E-state index >= 15 is 0 Å². The summed E-state index contributed by atoms with van der Waals surface area (Å²) in [6.07, 6.45) is 4.67. The third-order valence-electron chi connectivity index (χ3n) is 5.34. The summed E-state index contributed by atoms with van der Waals surface area (Å²) in [5.41, 5.74) is 0.233. The molecule has 7 heteroatoms. The molecule has 27 heavy (non-hydrogen) atoms. The van der Waals surface area contributed by atoms with Crippen molar-refractivity contribution in [2.75, 3.05) is 25.0 Å². The molecule has 0 saturated carbocycles. The van der Waals surface area contributed by atoms with Gasteiger partial charge in [-0.15, -0.1) is 0 Å². The first-order chi connectivity index (χ1) is 13.0. The first kappa shape index (κ1) is 17.7. The summed E-state index contributed by atoms with van der Waals surface area (Å²) in [5, 5.41) is 6.99. The van der Waals surface area contributed by atoms with Crippen LogP contribution >= 0.6 is 0 Å². The number of rotatable bonds is 3. The average Bonchev–Trinajstić information content (AvgIpc) is 2.94. The van der Waals surface area contributed by atoms with Crippen LogP contribution in [0.2, 0.25) is 0 Å². The molecule has 3 heterocycles. The molecule has 1 N–H and O–H groups in total. The topological polar surface area (TPSA) is 76.5 Å². The Labute approximate surface area is 158 Å². The Bertz CT molecular complexity index is 862. The van der Waals surface area contributed by atoms with Crippen molar-refractivity contribution < 1.29 is 14.3 Å². The number of nitrogens with zero attached hydrogens (tertiary/aromatic N) is 3. The fourth-order valence-corrected chi connectivity index (χ4v) is 3.97. The van der Waals surface area contributed by atoms with E-state index in [-0.39, 0.29) is 11.7 Å². The summed E-state index contributed by atoms with van der Waals surface area (Å²) < 4.78 is 7.96. The van der Waals surface area contributed by atoms with Gasteiger partial charge in [0.1, 0.15) is 11.4 Å². The first-order valence-electron chi connectivity index (χ1n) is 9.36. The van der Waals surface area contributed by atoms with E-state index < -0.39 is 5.60 Å². The van der Waals surface area contributed by atoms with E-state index in [4.69, 9.17) is 4.74 Å². The quantitative estimate of drug-likeness (QED) is 0.899. The zero-order chi connectivity index (χ0) is 18.9. The summed E-state index contributed by atoms with van der Waals surface area (Å²) in [6, 6.07) is 9.24. The number of amides is 1. The molecule has 7 nitrogen and oxygen atoms in total. The third kappa shape index (κ3) is 3.88. The van der Waals surface area contributed by atoms with Crippen LogP contribution in [-0.4, -0.2) is 51.6 Å². The largest absolute Gasteiger partial charge is 0.486 e. The van der Waals surface area contributed by atoms with Crippen molar-refractivity contribution in [3.8, 4) is 5.75 Å². The van der Waals surface area contributed by atoms with E-state index in [2.05, 4.69) is 15.3 Å². The van der Waals surface area contributed by atoms with E-state index in [1.54, 1.807) is 16.9 Å². The molecule has 2 aliphatic rings. The molecule has 1 atom stereocenters. The number of hydrogen-bond acceptors (Lipinski definition) is 5. The van der Waals surface area contributed by atoms with Gasteiger partial charge in [0.25, 0.3) is 0 Å². The highest BCUT2D eigenvalue weighted by Crippen LogP contribution is 2.39. The highest BCUT2D eigenvalue weighted by molar-refractivity contribution is 6.00. The molecule has 1 fully saturated rings. The van der Waals surface area contributed by atoms with Crippen molar-refractivity contribution in [1.82, 2.24) is 14.7 Å². The minimum Gasteiger partial charge on any atom is -0.486 e. The van der Waals surface area contributed by atoms with Gasteiger partial charge in [0.2, 0.25) is 5.91 Å². The van der Waals surface area contributed by atoms with E-state index in [9.17, 15) is 9.59 Å². The second-order valence-corrected chi connectivity index (χ2v) is 7.43.